The highest BCUT2D eigenvalue weighted by atomic mass is 19.1. The molecule has 0 heterocycles. The van der Waals surface area contributed by atoms with E-state index in [0.717, 1.165) is 5.56 Å². The Kier molecular flexibility index (Phi) is 2.94. The predicted molar refractivity (Wildman–Crippen MR) is 56.2 cm³/mol. The van der Waals surface area contributed by atoms with Crippen molar-refractivity contribution in [2.24, 2.45) is 0 Å². The molecule has 1 rings (SSSR count). The first-order valence-electron chi connectivity index (χ1n) is 4.49. The number of hydrogen-bond acceptors (Lipinski definition) is 1. The van der Waals surface area contributed by atoms with Crippen molar-refractivity contribution >= 4 is 0 Å². The van der Waals surface area contributed by atoms with Crippen LogP contribution >= 0.6 is 0 Å². The van der Waals surface area contributed by atoms with Crippen LogP contribution in [-0.2, 0) is 5.41 Å². The van der Waals surface area contributed by atoms with Crippen LogP contribution in [0.3, 0.4) is 0 Å². The number of rotatable bonds is 3. The summed E-state index contributed by atoms with van der Waals surface area (Å²) in [5, 5.41) is 0. The number of ether oxygens (including phenoxy) is 1. The molecule has 14 heavy (non-hydrogen) atoms. The molecule has 0 aromatic heterocycles. The van der Waals surface area contributed by atoms with Gasteiger partial charge in [-0.2, -0.15) is 0 Å². The summed E-state index contributed by atoms with van der Waals surface area (Å²) in [6.45, 7) is 7.70. The van der Waals surface area contributed by atoms with Crippen molar-refractivity contribution in [1.29, 1.82) is 0 Å². The molecule has 0 fully saturated rings. The van der Waals surface area contributed by atoms with Crippen molar-refractivity contribution in [3.05, 3.63) is 42.2 Å². The molecule has 0 saturated carbocycles. The summed E-state index contributed by atoms with van der Waals surface area (Å²) in [6, 6.07) is 4.97. The van der Waals surface area contributed by atoms with Gasteiger partial charge in [0.25, 0.3) is 0 Å². The minimum absolute atomic E-state index is 0.215. The van der Waals surface area contributed by atoms with Crippen molar-refractivity contribution in [3.8, 4) is 5.75 Å². The molecule has 0 radical (unpaired) electrons. The summed E-state index contributed by atoms with van der Waals surface area (Å²) in [6.07, 6.45) is 1.80. The summed E-state index contributed by atoms with van der Waals surface area (Å²) in [7, 11) is 1.46. The fourth-order valence-corrected chi connectivity index (χ4v) is 1.19. The third-order valence-corrected chi connectivity index (χ3v) is 2.41. The SMILES string of the molecule is C=CC(C)(C)c1ccc(OC)c(F)c1. The smallest absolute Gasteiger partial charge is 0.165 e. The van der Waals surface area contributed by atoms with E-state index in [0.29, 0.717) is 0 Å². The number of benzene rings is 1. The van der Waals surface area contributed by atoms with Crippen molar-refractivity contribution in [2.45, 2.75) is 19.3 Å². The molecule has 1 aromatic rings. The zero-order valence-corrected chi connectivity index (χ0v) is 8.80. The molecular formula is C12H15FO. The first-order valence-corrected chi connectivity index (χ1v) is 4.49. The molecule has 0 aliphatic carbocycles. The van der Waals surface area contributed by atoms with E-state index in [1.807, 2.05) is 19.9 Å². The molecule has 1 nitrogen and oxygen atoms in total. The van der Waals surface area contributed by atoms with Crippen LogP contribution in [0.1, 0.15) is 19.4 Å². The maximum Gasteiger partial charge on any atom is 0.165 e. The summed E-state index contributed by atoms with van der Waals surface area (Å²) in [5.74, 6) is -0.0615. The average molecular weight is 194 g/mol. The number of hydrogen-bond donors (Lipinski definition) is 0. The van der Waals surface area contributed by atoms with Crippen molar-refractivity contribution < 1.29 is 9.13 Å². The molecule has 0 spiro atoms. The highest BCUT2D eigenvalue weighted by molar-refractivity contribution is 5.35. The van der Waals surface area contributed by atoms with Gasteiger partial charge in [-0.25, -0.2) is 4.39 Å². The summed E-state index contributed by atoms with van der Waals surface area (Å²) in [4.78, 5) is 0. The lowest BCUT2D eigenvalue weighted by atomic mass is 9.85. The van der Waals surface area contributed by atoms with Gasteiger partial charge in [-0.15, -0.1) is 6.58 Å². The molecule has 0 bridgehead atoms. The summed E-state index contributed by atoms with van der Waals surface area (Å²) in [5.41, 5.74) is 0.679. The Morgan fingerprint density at radius 3 is 2.50 bits per heavy atom. The van der Waals surface area contributed by atoms with Crippen LogP contribution in [-0.4, -0.2) is 7.11 Å². The molecule has 1 aromatic carbocycles. The standard InChI is InChI=1S/C12H15FO/c1-5-12(2,3)9-6-7-11(14-4)10(13)8-9/h5-8H,1H2,2-4H3. The Morgan fingerprint density at radius 1 is 1.43 bits per heavy atom. The van der Waals surface area contributed by atoms with E-state index >= 15 is 0 Å². The van der Waals surface area contributed by atoms with E-state index in [1.165, 1.54) is 13.2 Å². The van der Waals surface area contributed by atoms with E-state index in [4.69, 9.17) is 4.74 Å². The van der Waals surface area contributed by atoms with Gasteiger partial charge in [0.15, 0.2) is 11.6 Å². The largest absolute Gasteiger partial charge is 0.494 e. The van der Waals surface area contributed by atoms with Gasteiger partial charge in [-0.1, -0.05) is 26.0 Å². The van der Waals surface area contributed by atoms with Gasteiger partial charge in [0, 0.05) is 5.41 Å². The van der Waals surface area contributed by atoms with Crippen molar-refractivity contribution in [2.75, 3.05) is 7.11 Å². The maximum atomic E-state index is 13.4. The highest BCUT2D eigenvalue weighted by Gasteiger charge is 2.17. The van der Waals surface area contributed by atoms with E-state index in [9.17, 15) is 4.39 Å². The second kappa shape index (κ2) is 3.82. The maximum absolute atomic E-state index is 13.4. The van der Waals surface area contributed by atoms with Gasteiger partial charge in [-0.3, -0.25) is 0 Å². The van der Waals surface area contributed by atoms with Gasteiger partial charge < -0.3 is 4.74 Å². The van der Waals surface area contributed by atoms with Crippen LogP contribution < -0.4 is 4.74 Å². The lowest BCUT2D eigenvalue weighted by Gasteiger charge is -2.20. The van der Waals surface area contributed by atoms with Crippen molar-refractivity contribution in [3.63, 3.8) is 0 Å². The Balaban J connectivity index is 3.15. The fraction of sp³-hybridized carbons (Fsp3) is 0.333. The van der Waals surface area contributed by atoms with Crippen LogP contribution in [0.15, 0.2) is 30.9 Å². The molecule has 0 aliphatic rings. The quantitative estimate of drug-likeness (QED) is 0.671. The van der Waals surface area contributed by atoms with Crippen LogP contribution in [0, 0.1) is 5.82 Å². The number of allylic oxidation sites excluding steroid dienone is 1. The van der Waals surface area contributed by atoms with Gasteiger partial charge >= 0.3 is 0 Å². The summed E-state index contributed by atoms with van der Waals surface area (Å²) < 4.78 is 18.2. The molecule has 0 amide bonds. The molecule has 0 saturated heterocycles. The molecule has 2 heteroatoms. The van der Waals surface area contributed by atoms with Crippen molar-refractivity contribution in [1.82, 2.24) is 0 Å². The van der Waals surface area contributed by atoms with Crippen LogP contribution in [0.5, 0.6) is 5.75 Å². The Morgan fingerprint density at radius 2 is 2.07 bits per heavy atom. The molecule has 0 atom stereocenters. The monoisotopic (exact) mass is 194 g/mol. The van der Waals surface area contributed by atoms with E-state index < -0.39 is 0 Å². The van der Waals surface area contributed by atoms with E-state index in [-0.39, 0.29) is 17.0 Å². The minimum Gasteiger partial charge on any atom is -0.494 e. The van der Waals surface area contributed by atoms with Crippen LogP contribution in [0.4, 0.5) is 4.39 Å². The topological polar surface area (TPSA) is 9.23 Å². The Bertz CT molecular complexity index is 342. The lowest BCUT2D eigenvalue weighted by Crippen LogP contribution is -2.13. The molecule has 0 aliphatic heterocycles. The van der Waals surface area contributed by atoms with Gasteiger partial charge in [0.1, 0.15) is 0 Å². The summed E-state index contributed by atoms with van der Waals surface area (Å²) >= 11 is 0. The Hall–Kier alpha value is -1.31. The highest BCUT2D eigenvalue weighted by Crippen LogP contribution is 2.27. The third-order valence-electron chi connectivity index (χ3n) is 2.41. The average Bonchev–Trinajstić information content (AvgIpc) is 2.17. The zero-order chi connectivity index (χ0) is 10.8. The first kappa shape index (κ1) is 10.8. The van der Waals surface area contributed by atoms with Crippen LogP contribution in [0.25, 0.3) is 0 Å². The van der Waals surface area contributed by atoms with Gasteiger partial charge in [0.2, 0.25) is 0 Å². The Labute approximate surface area is 84.2 Å². The molecule has 0 unspecified atom stereocenters. The minimum atomic E-state index is -0.333. The van der Waals surface area contributed by atoms with E-state index in [1.54, 1.807) is 12.1 Å². The molecule has 76 valence electrons. The second-order valence-electron chi connectivity index (χ2n) is 3.78. The number of methoxy groups -OCH3 is 1. The predicted octanol–water partition coefficient (Wildman–Crippen LogP) is 3.30. The number of halogens is 1. The lowest BCUT2D eigenvalue weighted by molar-refractivity contribution is 0.385. The zero-order valence-electron chi connectivity index (χ0n) is 8.80. The third kappa shape index (κ3) is 1.95. The molecular weight excluding hydrogens is 179 g/mol. The first-order chi connectivity index (χ1) is 6.51. The van der Waals surface area contributed by atoms with Crippen LogP contribution in [0.2, 0.25) is 0 Å². The van der Waals surface area contributed by atoms with E-state index in [2.05, 4.69) is 6.58 Å². The van der Waals surface area contributed by atoms with Gasteiger partial charge in [-0.05, 0) is 17.7 Å². The normalized spacial score (nSPS) is 11.1. The fourth-order valence-electron chi connectivity index (χ4n) is 1.19. The van der Waals surface area contributed by atoms with Gasteiger partial charge in [0.05, 0.1) is 7.11 Å². The second-order valence-corrected chi connectivity index (χ2v) is 3.78. The molecule has 0 N–H and O–H groups in total.